The van der Waals surface area contributed by atoms with E-state index in [2.05, 4.69) is 15.3 Å². The number of hydrogen-bond donors (Lipinski definition) is 2. The van der Waals surface area contributed by atoms with E-state index < -0.39 is 11.9 Å². The fraction of sp³-hybridized carbons (Fsp3) is 0.333. The summed E-state index contributed by atoms with van der Waals surface area (Å²) in [5.74, 6) is 0.0920. The van der Waals surface area contributed by atoms with Crippen molar-refractivity contribution in [2.75, 3.05) is 25.1 Å². The molecule has 5 rings (SSSR count). The fourth-order valence-electron chi connectivity index (χ4n) is 4.97. The molecule has 0 bridgehead atoms. The predicted octanol–water partition coefficient (Wildman–Crippen LogP) is 3.17. The van der Waals surface area contributed by atoms with Crippen molar-refractivity contribution in [3.8, 4) is 11.5 Å². The van der Waals surface area contributed by atoms with Crippen molar-refractivity contribution in [1.82, 2.24) is 19.1 Å². The Balaban J connectivity index is 1.62. The van der Waals surface area contributed by atoms with E-state index in [1.165, 1.54) is 13.8 Å². The molecule has 2 aromatic heterocycles. The molecule has 0 saturated heterocycles. The average molecular weight is 589 g/mol. The van der Waals surface area contributed by atoms with Crippen molar-refractivity contribution in [3.63, 3.8) is 0 Å². The highest BCUT2D eigenvalue weighted by atomic mass is 16.5. The molecule has 0 aliphatic carbocycles. The van der Waals surface area contributed by atoms with Gasteiger partial charge in [-0.3, -0.25) is 19.7 Å². The number of benzene rings is 2. The number of rotatable bonds is 6. The van der Waals surface area contributed by atoms with E-state index in [4.69, 9.17) is 19.9 Å². The number of anilines is 1. The van der Waals surface area contributed by atoms with Crippen LogP contribution in [0.15, 0.2) is 36.4 Å². The van der Waals surface area contributed by atoms with Crippen LogP contribution in [0.1, 0.15) is 53.7 Å². The molecule has 43 heavy (non-hydrogen) atoms. The molecule has 0 saturated carbocycles. The Bertz CT molecular complexity index is 1780. The molecule has 224 valence electrons. The van der Waals surface area contributed by atoms with Gasteiger partial charge in [0.1, 0.15) is 34.1 Å². The van der Waals surface area contributed by atoms with E-state index in [1.807, 2.05) is 16.7 Å². The average Bonchev–Trinajstić information content (AvgIpc) is 3.46. The summed E-state index contributed by atoms with van der Waals surface area (Å²) in [5.41, 5.74) is 8.24. The van der Waals surface area contributed by atoms with Crippen LogP contribution in [-0.4, -0.2) is 62.5 Å². The lowest BCUT2D eigenvalue weighted by Crippen LogP contribution is -2.12. The predicted molar refractivity (Wildman–Crippen MR) is 157 cm³/mol. The number of carbonyl (C=O) groups excluding carboxylic acids is 4. The van der Waals surface area contributed by atoms with Crippen molar-refractivity contribution in [3.05, 3.63) is 53.4 Å². The van der Waals surface area contributed by atoms with E-state index in [9.17, 15) is 19.2 Å². The SMILES string of the molecule is CCOC(=O)c1cc2c3c(c1)nc(NC(C)=O)n3C/C=C/Cn1c(CC(C)=O)nc3cc(C(N)=O)cc(c31)OCCCO2. The van der Waals surface area contributed by atoms with Gasteiger partial charge < -0.3 is 29.1 Å². The third-order valence-corrected chi connectivity index (χ3v) is 6.73. The highest BCUT2D eigenvalue weighted by Gasteiger charge is 2.22. The number of nitrogens with one attached hydrogen (secondary N) is 1. The molecule has 0 unspecified atom stereocenters. The summed E-state index contributed by atoms with van der Waals surface area (Å²) in [5, 5.41) is 2.76. The van der Waals surface area contributed by atoms with Gasteiger partial charge in [-0.25, -0.2) is 14.8 Å². The zero-order chi connectivity index (χ0) is 30.7. The first kappa shape index (κ1) is 29.3. The maximum atomic E-state index is 12.6. The molecule has 2 aromatic carbocycles. The van der Waals surface area contributed by atoms with Crippen LogP contribution in [0.5, 0.6) is 11.5 Å². The number of Topliss-reactive ketones (excluding diaryl/α,β-unsaturated/α-hetero) is 1. The van der Waals surface area contributed by atoms with Gasteiger partial charge in [-0.2, -0.15) is 0 Å². The number of nitrogens with two attached hydrogens (primary N) is 1. The molecule has 0 radical (unpaired) electrons. The van der Waals surface area contributed by atoms with Gasteiger partial charge in [0.25, 0.3) is 0 Å². The molecule has 3 N–H and O–H groups in total. The summed E-state index contributed by atoms with van der Waals surface area (Å²) in [6, 6.07) is 6.37. The zero-order valence-electron chi connectivity index (χ0n) is 24.1. The Hall–Kier alpha value is -5.20. The van der Waals surface area contributed by atoms with Crippen LogP contribution in [0.25, 0.3) is 22.1 Å². The first-order valence-electron chi connectivity index (χ1n) is 13.9. The number of nitrogens with zero attached hydrogens (tertiary/aromatic N) is 4. The summed E-state index contributed by atoms with van der Waals surface area (Å²) in [6.45, 7) is 5.87. The summed E-state index contributed by atoms with van der Waals surface area (Å²) in [6.07, 6.45) is 4.31. The van der Waals surface area contributed by atoms with Gasteiger partial charge in [0.05, 0.1) is 42.8 Å². The van der Waals surface area contributed by atoms with Crippen molar-refractivity contribution in [2.24, 2.45) is 5.73 Å². The number of primary amides is 1. The molecule has 13 nitrogen and oxygen atoms in total. The van der Waals surface area contributed by atoms with Crippen LogP contribution in [-0.2, 0) is 33.8 Å². The van der Waals surface area contributed by atoms with Crippen molar-refractivity contribution in [1.29, 1.82) is 0 Å². The molecule has 0 atom stereocenters. The topological polar surface area (TPSA) is 170 Å². The van der Waals surface area contributed by atoms with Gasteiger partial charge in [0.15, 0.2) is 0 Å². The van der Waals surface area contributed by atoms with Crippen LogP contribution < -0.4 is 20.5 Å². The first-order chi connectivity index (χ1) is 20.7. The lowest BCUT2D eigenvalue weighted by Gasteiger charge is -2.13. The Morgan fingerprint density at radius 1 is 0.907 bits per heavy atom. The molecule has 2 amide bonds. The number of amides is 2. The second kappa shape index (κ2) is 12.3. The van der Waals surface area contributed by atoms with Crippen LogP contribution >= 0.6 is 0 Å². The number of imidazole rings is 2. The quantitative estimate of drug-likeness (QED) is 0.254. The molecule has 0 fully saturated rings. The molecule has 0 spiro atoms. The van der Waals surface area contributed by atoms with Gasteiger partial charge in [0.2, 0.25) is 17.8 Å². The second-order valence-electron chi connectivity index (χ2n) is 10.0. The van der Waals surface area contributed by atoms with E-state index >= 15 is 0 Å². The third kappa shape index (κ3) is 6.20. The Kier molecular flexibility index (Phi) is 8.41. The van der Waals surface area contributed by atoms with Crippen LogP contribution in [0.4, 0.5) is 5.95 Å². The van der Waals surface area contributed by atoms with Crippen molar-refractivity contribution >= 4 is 51.6 Å². The van der Waals surface area contributed by atoms with E-state index in [0.29, 0.717) is 58.9 Å². The number of ketones is 1. The summed E-state index contributed by atoms with van der Waals surface area (Å²) in [7, 11) is 0. The number of ether oxygens (including phenoxy) is 3. The molecule has 13 heteroatoms. The van der Waals surface area contributed by atoms with Gasteiger partial charge in [-0.05, 0) is 38.1 Å². The highest BCUT2D eigenvalue weighted by molar-refractivity contribution is 5.99. The highest BCUT2D eigenvalue weighted by Crippen LogP contribution is 2.33. The normalized spacial score (nSPS) is 14.2. The minimum Gasteiger partial charge on any atom is -0.491 e. The number of carbonyl (C=O) groups is 4. The molecule has 1 aliphatic rings. The van der Waals surface area contributed by atoms with E-state index in [-0.39, 0.29) is 55.0 Å². The second-order valence-corrected chi connectivity index (χ2v) is 10.0. The number of esters is 1. The summed E-state index contributed by atoms with van der Waals surface area (Å²) in [4.78, 5) is 58.0. The van der Waals surface area contributed by atoms with Crippen LogP contribution in [0.2, 0.25) is 0 Å². The van der Waals surface area contributed by atoms with Crippen LogP contribution in [0.3, 0.4) is 0 Å². The maximum absolute atomic E-state index is 12.6. The fourth-order valence-corrected chi connectivity index (χ4v) is 4.97. The number of hydrogen-bond acceptors (Lipinski definition) is 9. The zero-order valence-corrected chi connectivity index (χ0v) is 24.1. The molecule has 4 aromatic rings. The lowest BCUT2D eigenvalue weighted by atomic mass is 10.1. The third-order valence-electron chi connectivity index (χ3n) is 6.73. The lowest BCUT2D eigenvalue weighted by molar-refractivity contribution is -0.116. The van der Waals surface area contributed by atoms with Gasteiger partial charge >= 0.3 is 5.97 Å². The van der Waals surface area contributed by atoms with Crippen LogP contribution in [0, 0.1) is 0 Å². The minimum absolute atomic E-state index is 0.0688. The first-order valence-corrected chi connectivity index (χ1v) is 13.9. The Morgan fingerprint density at radius 3 is 2.14 bits per heavy atom. The molecule has 1 aliphatic heterocycles. The Morgan fingerprint density at radius 2 is 1.51 bits per heavy atom. The standard InChI is InChI=1S/C30H32N6O7/c1-4-41-29(40)20-14-22-27-24(16-20)43-11-7-10-42-23-15-19(28(31)39)13-21-26(23)35(25(33-21)12-17(2)37)8-5-6-9-36(27)30(34-22)32-18(3)38/h5-6,13-16H,4,7-12H2,1-3H3,(H2,31,39)(H,32,34,38)/b6-5+. The molecule has 3 heterocycles. The largest absolute Gasteiger partial charge is 0.491 e. The smallest absolute Gasteiger partial charge is 0.338 e. The minimum atomic E-state index is -0.625. The molecular weight excluding hydrogens is 556 g/mol. The van der Waals surface area contributed by atoms with E-state index in [0.717, 1.165) is 0 Å². The van der Waals surface area contributed by atoms with Gasteiger partial charge in [-0.15, -0.1) is 0 Å². The monoisotopic (exact) mass is 588 g/mol. The van der Waals surface area contributed by atoms with Gasteiger partial charge in [0, 0.05) is 32.0 Å². The molecular formula is C30H32N6O7. The Labute approximate surface area is 246 Å². The number of aromatic nitrogens is 4. The maximum Gasteiger partial charge on any atom is 0.338 e. The van der Waals surface area contributed by atoms with E-state index in [1.54, 1.807) is 35.8 Å². The summed E-state index contributed by atoms with van der Waals surface area (Å²) >= 11 is 0. The number of allylic oxidation sites excluding steroid dienone is 2. The summed E-state index contributed by atoms with van der Waals surface area (Å²) < 4.78 is 21.2. The van der Waals surface area contributed by atoms with Crippen molar-refractivity contribution in [2.45, 2.75) is 46.7 Å². The van der Waals surface area contributed by atoms with Crippen molar-refractivity contribution < 1.29 is 33.4 Å². The van der Waals surface area contributed by atoms with Gasteiger partial charge in [-0.1, -0.05) is 12.2 Å².